The third-order valence-corrected chi connectivity index (χ3v) is 2.07. The Kier molecular flexibility index (Phi) is 3.28. The Hall–Kier alpha value is -1.60. The molecule has 0 spiro atoms. The molecule has 0 saturated heterocycles. The first kappa shape index (κ1) is 11.5. The number of aromatic nitrogens is 1. The van der Waals surface area contributed by atoms with E-state index in [9.17, 15) is 0 Å². The summed E-state index contributed by atoms with van der Waals surface area (Å²) in [4.78, 5) is 4.23. The largest absolute Gasteiger partial charge is 0.394 e. The zero-order chi connectivity index (χ0) is 11.5. The maximum atomic E-state index is 9.08. The van der Waals surface area contributed by atoms with E-state index in [1.54, 1.807) is 19.1 Å². The smallest absolute Gasteiger partial charge is 0.126 e. The molecule has 15 heavy (non-hydrogen) atoms. The van der Waals surface area contributed by atoms with Crippen molar-refractivity contribution in [1.82, 2.24) is 4.98 Å². The number of nitrogens with one attached hydrogen (secondary N) is 1. The Bertz CT molecular complexity index is 393. The van der Waals surface area contributed by atoms with Gasteiger partial charge in [-0.3, -0.25) is 0 Å². The average molecular weight is 205 g/mol. The van der Waals surface area contributed by atoms with Gasteiger partial charge < -0.3 is 10.4 Å². The molecular formula is C11H15N3O. The van der Waals surface area contributed by atoms with Crippen LogP contribution in [0.15, 0.2) is 12.1 Å². The number of nitriles is 1. The summed E-state index contributed by atoms with van der Waals surface area (Å²) in [5, 5.41) is 20.9. The molecular weight excluding hydrogens is 190 g/mol. The first-order valence-electron chi connectivity index (χ1n) is 4.75. The van der Waals surface area contributed by atoms with Gasteiger partial charge in [0.1, 0.15) is 11.9 Å². The molecule has 2 N–H and O–H groups in total. The lowest BCUT2D eigenvalue weighted by Gasteiger charge is -2.24. The second-order valence-corrected chi connectivity index (χ2v) is 4.11. The molecule has 0 bridgehead atoms. The monoisotopic (exact) mass is 205 g/mol. The number of rotatable bonds is 3. The summed E-state index contributed by atoms with van der Waals surface area (Å²) in [6.45, 7) is 5.56. The first-order valence-corrected chi connectivity index (χ1v) is 4.75. The summed E-state index contributed by atoms with van der Waals surface area (Å²) < 4.78 is 0. The Morgan fingerprint density at radius 2 is 2.20 bits per heavy atom. The minimum Gasteiger partial charge on any atom is -0.394 e. The van der Waals surface area contributed by atoms with Crippen LogP contribution in [0.25, 0.3) is 0 Å². The predicted octanol–water partition coefficient (Wildman–Crippen LogP) is 1.44. The molecule has 1 heterocycles. The van der Waals surface area contributed by atoms with E-state index in [2.05, 4.69) is 16.4 Å². The van der Waals surface area contributed by atoms with E-state index in [1.807, 2.05) is 13.8 Å². The van der Waals surface area contributed by atoms with E-state index in [1.165, 1.54) is 0 Å². The van der Waals surface area contributed by atoms with Gasteiger partial charge >= 0.3 is 0 Å². The van der Waals surface area contributed by atoms with Crippen molar-refractivity contribution >= 4 is 5.82 Å². The van der Waals surface area contributed by atoms with Crippen LogP contribution in [0.5, 0.6) is 0 Å². The molecule has 1 aromatic rings. The van der Waals surface area contributed by atoms with Gasteiger partial charge in [-0.05, 0) is 32.9 Å². The summed E-state index contributed by atoms with van der Waals surface area (Å²) >= 11 is 0. The van der Waals surface area contributed by atoms with E-state index in [4.69, 9.17) is 10.4 Å². The summed E-state index contributed by atoms with van der Waals surface area (Å²) in [5.74, 6) is 0.672. The number of hydrogen-bond acceptors (Lipinski definition) is 4. The maximum Gasteiger partial charge on any atom is 0.126 e. The van der Waals surface area contributed by atoms with Gasteiger partial charge in [-0.25, -0.2) is 4.98 Å². The zero-order valence-corrected chi connectivity index (χ0v) is 9.20. The highest BCUT2D eigenvalue weighted by atomic mass is 16.3. The molecule has 1 aromatic heterocycles. The lowest BCUT2D eigenvalue weighted by atomic mass is 10.1. The van der Waals surface area contributed by atoms with Gasteiger partial charge in [0.2, 0.25) is 0 Å². The summed E-state index contributed by atoms with van der Waals surface area (Å²) in [5.41, 5.74) is 0.853. The standard InChI is InChI=1S/C11H15N3O/c1-8-9(6-12)4-5-10(13-8)14-11(2,3)7-15/h4-5,15H,7H2,1-3H3,(H,13,14). The molecule has 0 radical (unpaired) electrons. The Morgan fingerprint density at radius 3 is 2.67 bits per heavy atom. The Balaban J connectivity index is 2.90. The Morgan fingerprint density at radius 1 is 1.53 bits per heavy atom. The molecule has 0 aliphatic heterocycles. The normalized spacial score (nSPS) is 10.9. The quantitative estimate of drug-likeness (QED) is 0.783. The van der Waals surface area contributed by atoms with Crippen LogP contribution in [-0.2, 0) is 0 Å². The topological polar surface area (TPSA) is 68.9 Å². The van der Waals surface area contributed by atoms with E-state index in [0.29, 0.717) is 17.1 Å². The van der Waals surface area contributed by atoms with Crippen molar-refractivity contribution in [2.75, 3.05) is 11.9 Å². The van der Waals surface area contributed by atoms with Gasteiger partial charge in [-0.1, -0.05) is 0 Å². The summed E-state index contributed by atoms with van der Waals surface area (Å²) in [7, 11) is 0. The SMILES string of the molecule is Cc1nc(NC(C)(C)CO)ccc1C#N. The van der Waals surface area contributed by atoms with Crippen LogP contribution in [0.3, 0.4) is 0 Å². The van der Waals surface area contributed by atoms with Crippen molar-refractivity contribution in [3.8, 4) is 6.07 Å². The molecule has 0 unspecified atom stereocenters. The second-order valence-electron chi connectivity index (χ2n) is 4.11. The molecule has 4 nitrogen and oxygen atoms in total. The molecule has 0 saturated carbocycles. The highest BCUT2D eigenvalue weighted by molar-refractivity contribution is 5.44. The fourth-order valence-corrected chi connectivity index (χ4v) is 1.14. The summed E-state index contributed by atoms with van der Waals surface area (Å²) in [6, 6.07) is 5.52. The number of pyridine rings is 1. The number of nitrogens with zero attached hydrogens (tertiary/aromatic N) is 2. The zero-order valence-electron chi connectivity index (χ0n) is 9.20. The number of anilines is 1. The fraction of sp³-hybridized carbons (Fsp3) is 0.455. The highest BCUT2D eigenvalue weighted by Crippen LogP contribution is 2.14. The summed E-state index contributed by atoms with van der Waals surface area (Å²) in [6.07, 6.45) is 0. The van der Waals surface area contributed by atoms with Crippen molar-refractivity contribution in [1.29, 1.82) is 5.26 Å². The second kappa shape index (κ2) is 4.28. The van der Waals surface area contributed by atoms with Crippen LogP contribution in [-0.4, -0.2) is 22.2 Å². The average Bonchev–Trinajstić information content (AvgIpc) is 2.17. The lowest BCUT2D eigenvalue weighted by Crippen LogP contribution is -2.35. The van der Waals surface area contributed by atoms with E-state index in [-0.39, 0.29) is 6.61 Å². The van der Waals surface area contributed by atoms with Crippen LogP contribution in [0.4, 0.5) is 5.82 Å². The first-order chi connectivity index (χ1) is 6.98. The van der Waals surface area contributed by atoms with Crippen LogP contribution in [0.1, 0.15) is 25.1 Å². The van der Waals surface area contributed by atoms with E-state index >= 15 is 0 Å². The van der Waals surface area contributed by atoms with E-state index in [0.717, 1.165) is 0 Å². The van der Waals surface area contributed by atoms with Crippen LogP contribution >= 0.6 is 0 Å². The van der Waals surface area contributed by atoms with Gasteiger partial charge in [0.25, 0.3) is 0 Å². The molecule has 0 aliphatic carbocycles. The highest BCUT2D eigenvalue weighted by Gasteiger charge is 2.16. The van der Waals surface area contributed by atoms with Gasteiger partial charge in [-0.2, -0.15) is 5.26 Å². The number of aliphatic hydroxyl groups is 1. The van der Waals surface area contributed by atoms with Crippen molar-refractivity contribution in [3.63, 3.8) is 0 Å². The van der Waals surface area contributed by atoms with Crippen molar-refractivity contribution in [3.05, 3.63) is 23.4 Å². The van der Waals surface area contributed by atoms with Crippen molar-refractivity contribution < 1.29 is 5.11 Å². The van der Waals surface area contributed by atoms with Crippen molar-refractivity contribution in [2.45, 2.75) is 26.3 Å². The van der Waals surface area contributed by atoms with Gasteiger partial charge in [0.05, 0.1) is 23.4 Å². The molecule has 4 heteroatoms. The Labute approximate surface area is 89.6 Å². The molecule has 80 valence electrons. The lowest BCUT2D eigenvalue weighted by molar-refractivity contribution is 0.234. The van der Waals surface area contributed by atoms with Crippen LogP contribution in [0, 0.1) is 18.3 Å². The van der Waals surface area contributed by atoms with E-state index < -0.39 is 5.54 Å². The molecule has 0 fully saturated rings. The van der Waals surface area contributed by atoms with Crippen molar-refractivity contribution in [2.24, 2.45) is 0 Å². The minimum absolute atomic E-state index is 0.0216. The molecule has 0 atom stereocenters. The van der Waals surface area contributed by atoms with Gasteiger partial charge in [-0.15, -0.1) is 0 Å². The van der Waals surface area contributed by atoms with Gasteiger partial charge in [0, 0.05) is 0 Å². The fourth-order valence-electron chi connectivity index (χ4n) is 1.14. The minimum atomic E-state index is -0.409. The molecule has 0 aromatic carbocycles. The van der Waals surface area contributed by atoms with Crippen LogP contribution < -0.4 is 5.32 Å². The molecule has 0 amide bonds. The third kappa shape index (κ3) is 2.93. The third-order valence-electron chi connectivity index (χ3n) is 2.07. The molecule has 1 rings (SSSR count). The maximum absolute atomic E-state index is 9.08. The van der Waals surface area contributed by atoms with Gasteiger partial charge in [0.15, 0.2) is 0 Å². The number of aryl methyl sites for hydroxylation is 1. The predicted molar refractivity (Wildman–Crippen MR) is 58.5 cm³/mol. The van der Waals surface area contributed by atoms with Crippen LogP contribution in [0.2, 0.25) is 0 Å². The number of aliphatic hydroxyl groups excluding tert-OH is 1. The number of hydrogen-bond donors (Lipinski definition) is 2. The molecule has 0 aliphatic rings.